The summed E-state index contributed by atoms with van der Waals surface area (Å²) in [5.41, 5.74) is 0.0574. The Hall–Kier alpha value is -1.45. The summed E-state index contributed by atoms with van der Waals surface area (Å²) in [6.07, 6.45) is 4.96. The fraction of sp³-hybridized carbons (Fsp3) is 0.462. The molecule has 0 saturated heterocycles. The summed E-state index contributed by atoms with van der Waals surface area (Å²) in [5, 5.41) is 2.53. The second-order valence-corrected chi connectivity index (χ2v) is 4.45. The molecule has 0 unspecified atom stereocenters. The van der Waals surface area contributed by atoms with Crippen LogP contribution in [0, 0.1) is 17.6 Å². The van der Waals surface area contributed by atoms with Gasteiger partial charge in [0.25, 0.3) is 0 Å². The highest BCUT2D eigenvalue weighted by Crippen LogP contribution is 2.25. The zero-order valence-corrected chi connectivity index (χ0v) is 9.51. The Morgan fingerprint density at radius 2 is 1.88 bits per heavy atom. The molecule has 0 spiro atoms. The van der Waals surface area contributed by atoms with Crippen LogP contribution in [0.15, 0.2) is 18.2 Å². The molecule has 1 fully saturated rings. The van der Waals surface area contributed by atoms with Gasteiger partial charge in [0.1, 0.15) is 11.6 Å². The van der Waals surface area contributed by atoms with Gasteiger partial charge in [0, 0.05) is 12.0 Å². The fourth-order valence-corrected chi connectivity index (χ4v) is 2.19. The van der Waals surface area contributed by atoms with Crippen LogP contribution in [0.5, 0.6) is 0 Å². The van der Waals surface area contributed by atoms with E-state index in [1.54, 1.807) is 0 Å². The average molecular weight is 239 g/mol. The smallest absolute Gasteiger partial charge is 0.227 e. The summed E-state index contributed by atoms with van der Waals surface area (Å²) in [4.78, 5) is 11.8. The van der Waals surface area contributed by atoms with Gasteiger partial charge in [-0.3, -0.25) is 4.79 Å². The Morgan fingerprint density at radius 3 is 2.53 bits per heavy atom. The zero-order valence-electron chi connectivity index (χ0n) is 9.51. The maximum Gasteiger partial charge on any atom is 0.227 e. The number of anilines is 1. The minimum Gasteiger partial charge on any atom is -0.323 e. The van der Waals surface area contributed by atoms with Crippen molar-refractivity contribution in [3.63, 3.8) is 0 Å². The SMILES string of the molecule is O=C(Nc1ccc(F)cc1F)C1CCCCC1. The van der Waals surface area contributed by atoms with Gasteiger partial charge in [0.15, 0.2) is 0 Å². The molecule has 1 aromatic rings. The molecule has 1 amide bonds. The van der Waals surface area contributed by atoms with E-state index in [4.69, 9.17) is 0 Å². The van der Waals surface area contributed by atoms with Crippen molar-refractivity contribution in [1.82, 2.24) is 0 Å². The number of halogens is 2. The predicted octanol–water partition coefficient (Wildman–Crippen LogP) is 3.48. The second-order valence-electron chi connectivity index (χ2n) is 4.45. The van der Waals surface area contributed by atoms with Crippen molar-refractivity contribution in [2.24, 2.45) is 5.92 Å². The lowest BCUT2D eigenvalue weighted by Gasteiger charge is -2.20. The van der Waals surface area contributed by atoms with E-state index < -0.39 is 11.6 Å². The van der Waals surface area contributed by atoms with E-state index in [0.717, 1.165) is 44.2 Å². The van der Waals surface area contributed by atoms with Gasteiger partial charge < -0.3 is 5.32 Å². The summed E-state index contributed by atoms with van der Waals surface area (Å²) in [6.45, 7) is 0. The third-order valence-corrected chi connectivity index (χ3v) is 3.16. The van der Waals surface area contributed by atoms with Crippen LogP contribution in [-0.2, 0) is 4.79 Å². The molecule has 0 heterocycles. The number of hydrogen-bond donors (Lipinski definition) is 1. The van der Waals surface area contributed by atoms with Crippen LogP contribution >= 0.6 is 0 Å². The Kier molecular flexibility index (Phi) is 3.71. The van der Waals surface area contributed by atoms with E-state index in [9.17, 15) is 13.6 Å². The molecule has 0 bridgehead atoms. The van der Waals surface area contributed by atoms with Crippen molar-refractivity contribution in [3.05, 3.63) is 29.8 Å². The first-order valence-corrected chi connectivity index (χ1v) is 5.93. The molecule has 2 nitrogen and oxygen atoms in total. The van der Waals surface area contributed by atoms with Crippen molar-refractivity contribution in [2.45, 2.75) is 32.1 Å². The maximum atomic E-state index is 13.3. The van der Waals surface area contributed by atoms with Crippen molar-refractivity contribution >= 4 is 11.6 Å². The van der Waals surface area contributed by atoms with Gasteiger partial charge >= 0.3 is 0 Å². The molecule has 1 saturated carbocycles. The van der Waals surface area contributed by atoms with Gasteiger partial charge in [-0.2, -0.15) is 0 Å². The quantitative estimate of drug-likeness (QED) is 0.841. The zero-order chi connectivity index (χ0) is 12.3. The monoisotopic (exact) mass is 239 g/mol. The molecule has 0 radical (unpaired) electrons. The van der Waals surface area contributed by atoms with Crippen LogP contribution in [0.25, 0.3) is 0 Å². The molecule has 92 valence electrons. The Labute approximate surface area is 99.0 Å². The standard InChI is InChI=1S/C13H15F2NO/c14-10-6-7-12(11(15)8-10)16-13(17)9-4-2-1-3-5-9/h6-9H,1-5H2,(H,16,17). The molecule has 0 aliphatic heterocycles. The fourth-order valence-electron chi connectivity index (χ4n) is 2.19. The Bertz CT molecular complexity index is 414. The number of amides is 1. The van der Waals surface area contributed by atoms with Crippen LogP contribution < -0.4 is 5.32 Å². The third kappa shape index (κ3) is 3.02. The van der Waals surface area contributed by atoms with Crippen molar-refractivity contribution in [1.29, 1.82) is 0 Å². The average Bonchev–Trinajstić information content (AvgIpc) is 2.34. The van der Waals surface area contributed by atoms with Crippen LogP contribution in [0.3, 0.4) is 0 Å². The lowest BCUT2D eigenvalue weighted by molar-refractivity contribution is -0.120. The molecule has 0 atom stereocenters. The van der Waals surface area contributed by atoms with Crippen molar-refractivity contribution in [3.8, 4) is 0 Å². The normalized spacial score (nSPS) is 16.8. The van der Waals surface area contributed by atoms with Gasteiger partial charge in [0.05, 0.1) is 5.69 Å². The topological polar surface area (TPSA) is 29.1 Å². The highest BCUT2D eigenvalue weighted by Gasteiger charge is 2.21. The lowest BCUT2D eigenvalue weighted by Crippen LogP contribution is -2.25. The molecule has 17 heavy (non-hydrogen) atoms. The van der Waals surface area contributed by atoms with E-state index in [1.165, 1.54) is 6.07 Å². The molecule has 1 N–H and O–H groups in total. The largest absolute Gasteiger partial charge is 0.323 e. The van der Waals surface area contributed by atoms with Crippen LogP contribution in [0.4, 0.5) is 14.5 Å². The van der Waals surface area contributed by atoms with E-state index >= 15 is 0 Å². The van der Waals surface area contributed by atoms with E-state index in [1.807, 2.05) is 0 Å². The highest BCUT2D eigenvalue weighted by molar-refractivity contribution is 5.92. The second kappa shape index (κ2) is 5.25. The summed E-state index contributed by atoms with van der Waals surface area (Å²) in [6, 6.07) is 3.17. The first kappa shape index (κ1) is 12.0. The van der Waals surface area contributed by atoms with E-state index in [2.05, 4.69) is 5.32 Å². The van der Waals surface area contributed by atoms with Crippen molar-refractivity contribution < 1.29 is 13.6 Å². The van der Waals surface area contributed by atoms with Crippen LogP contribution in [-0.4, -0.2) is 5.91 Å². The summed E-state index contributed by atoms with van der Waals surface area (Å²) >= 11 is 0. The van der Waals surface area contributed by atoms with Gasteiger partial charge in [0.2, 0.25) is 5.91 Å². The molecule has 1 aliphatic rings. The summed E-state index contributed by atoms with van der Waals surface area (Å²) in [5.74, 6) is -1.56. The highest BCUT2D eigenvalue weighted by atomic mass is 19.1. The first-order valence-electron chi connectivity index (χ1n) is 5.93. The van der Waals surface area contributed by atoms with Crippen LogP contribution in [0.1, 0.15) is 32.1 Å². The number of benzene rings is 1. The number of carbonyl (C=O) groups excluding carboxylic acids is 1. The number of carbonyl (C=O) groups is 1. The Balaban J connectivity index is 2.02. The molecular weight excluding hydrogens is 224 g/mol. The molecular formula is C13H15F2NO. The predicted molar refractivity (Wildman–Crippen MR) is 61.6 cm³/mol. The van der Waals surface area contributed by atoms with E-state index in [0.29, 0.717) is 0 Å². The molecule has 0 aromatic heterocycles. The third-order valence-electron chi connectivity index (χ3n) is 3.16. The minimum atomic E-state index is -0.728. The lowest BCUT2D eigenvalue weighted by atomic mass is 9.88. The van der Waals surface area contributed by atoms with Gasteiger partial charge in [-0.25, -0.2) is 8.78 Å². The number of rotatable bonds is 2. The molecule has 1 aromatic carbocycles. The van der Waals surface area contributed by atoms with Gasteiger partial charge in [-0.05, 0) is 25.0 Å². The molecule has 4 heteroatoms. The van der Waals surface area contributed by atoms with Gasteiger partial charge in [-0.15, -0.1) is 0 Å². The number of hydrogen-bond acceptors (Lipinski definition) is 1. The Morgan fingerprint density at radius 1 is 1.18 bits per heavy atom. The van der Waals surface area contributed by atoms with Crippen LogP contribution in [0.2, 0.25) is 0 Å². The van der Waals surface area contributed by atoms with Crippen molar-refractivity contribution in [2.75, 3.05) is 5.32 Å². The minimum absolute atomic E-state index is 0.0341. The molecule has 2 rings (SSSR count). The van der Waals surface area contributed by atoms with Gasteiger partial charge in [-0.1, -0.05) is 19.3 Å². The van der Waals surface area contributed by atoms with E-state index in [-0.39, 0.29) is 17.5 Å². The maximum absolute atomic E-state index is 13.3. The summed E-state index contributed by atoms with van der Waals surface area (Å²) in [7, 11) is 0. The molecule has 1 aliphatic carbocycles. The first-order chi connectivity index (χ1) is 8.16. The summed E-state index contributed by atoms with van der Waals surface area (Å²) < 4.78 is 26.0. The number of nitrogens with one attached hydrogen (secondary N) is 1.